The second-order valence-corrected chi connectivity index (χ2v) is 33.7. The lowest BCUT2D eigenvalue weighted by Crippen LogP contribution is -2.25. The fraction of sp³-hybridized carbons (Fsp3) is 0.814. The summed E-state index contributed by atoms with van der Waals surface area (Å²) in [5.74, 6) is 0.604. The van der Waals surface area contributed by atoms with Crippen LogP contribution < -0.4 is 0 Å². The van der Waals surface area contributed by atoms with E-state index in [0.29, 0.717) is 119 Å². The van der Waals surface area contributed by atoms with Gasteiger partial charge < -0.3 is 53.1 Å². The van der Waals surface area contributed by atoms with Crippen LogP contribution in [-0.2, 0) is 76.4 Å². The Morgan fingerprint density at radius 2 is 0.617 bits per heavy atom. The van der Waals surface area contributed by atoms with Crippen molar-refractivity contribution in [2.45, 2.75) is 452 Å². The van der Waals surface area contributed by atoms with Crippen LogP contribution in [0.3, 0.4) is 0 Å². The number of esters is 7. The van der Waals surface area contributed by atoms with Gasteiger partial charge in [-0.25, -0.2) is 0 Å². The average molecular weight is 1700 g/mol. The Labute approximate surface area is 734 Å². The van der Waals surface area contributed by atoms with E-state index in [-0.39, 0.29) is 85.7 Å². The highest BCUT2D eigenvalue weighted by molar-refractivity contribution is 5.95. The number of rotatable bonds is 70. The van der Waals surface area contributed by atoms with Crippen molar-refractivity contribution >= 4 is 64.9 Å². The highest BCUT2D eigenvalue weighted by Gasteiger charge is 2.33. The molecule has 2 rings (SSSR count). The van der Waals surface area contributed by atoms with Crippen molar-refractivity contribution in [2.24, 2.45) is 53.3 Å². The molecule has 700 valence electrons. The minimum Gasteiger partial charge on any atom is -0.465 e. The Morgan fingerprint density at radius 1 is 0.342 bits per heavy atom. The minimum atomic E-state index is -0.497. The summed E-state index contributed by atoms with van der Waals surface area (Å²) in [6.07, 6.45) is 68.4. The molecule has 2 saturated heterocycles. The Bertz CT molecular complexity index is 2540. The predicted octanol–water partition coefficient (Wildman–Crippen LogP) is 26.4. The van der Waals surface area contributed by atoms with Crippen molar-refractivity contribution < 1.29 is 86.6 Å². The lowest BCUT2D eigenvalue weighted by atomic mass is 9.97. The second-order valence-electron chi connectivity index (χ2n) is 33.7. The largest absolute Gasteiger partial charge is 0.465 e. The zero-order chi connectivity index (χ0) is 89.8. The number of ether oxygens (including phenoxy) is 5. The summed E-state index contributed by atoms with van der Waals surface area (Å²) in [5, 5.41) is 17.5. The van der Waals surface area contributed by atoms with E-state index < -0.39 is 17.9 Å². The lowest BCUT2D eigenvalue weighted by Gasteiger charge is -2.19. The monoisotopic (exact) mass is 1700 g/mol. The van der Waals surface area contributed by atoms with Crippen LogP contribution in [0.4, 0.5) is 0 Å². The third-order valence-corrected chi connectivity index (χ3v) is 22.4. The molecule has 2 heterocycles. The van der Waals surface area contributed by atoms with Gasteiger partial charge in [-0.05, 0) is 198 Å². The molecule has 0 aromatic rings. The summed E-state index contributed by atoms with van der Waals surface area (Å²) < 4.78 is 25.8. The number of unbranched alkanes of at least 4 members (excludes halogenated alkanes) is 21. The first-order valence-corrected chi connectivity index (χ1v) is 48.0. The van der Waals surface area contributed by atoms with Gasteiger partial charge in [0.15, 0.2) is 0 Å². The van der Waals surface area contributed by atoms with Crippen LogP contribution in [0, 0.1) is 53.3 Å². The number of allylic oxidation sites excluding steroid dienone is 8. The molecule has 0 aromatic carbocycles. The van der Waals surface area contributed by atoms with Crippen molar-refractivity contribution in [1.82, 2.24) is 0 Å². The Balaban J connectivity index is -0.000000466. The molecule has 0 amide bonds. The van der Waals surface area contributed by atoms with Crippen molar-refractivity contribution in [2.75, 3.05) is 33.0 Å². The molecule has 9 atom stereocenters. The molecular formula is C102H184O18. The third kappa shape index (κ3) is 83.2. The lowest BCUT2D eigenvalue weighted by molar-refractivity contribution is -0.156. The van der Waals surface area contributed by atoms with Gasteiger partial charge in [0.25, 0.3) is 0 Å². The maximum atomic E-state index is 12.9. The summed E-state index contributed by atoms with van der Waals surface area (Å²) in [6, 6.07) is 0. The van der Waals surface area contributed by atoms with E-state index >= 15 is 0 Å². The summed E-state index contributed by atoms with van der Waals surface area (Å²) in [4.78, 5) is 125. The molecule has 0 saturated carbocycles. The molecule has 18 nitrogen and oxygen atoms in total. The van der Waals surface area contributed by atoms with Gasteiger partial charge in [-0.2, -0.15) is 0 Å². The molecule has 0 spiro atoms. The minimum absolute atomic E-state index is 0. The van der Waals surface area contributed by atoms with Gasteiger partial charge in [0.1, 0.15) is 23.1 Å². The van der Waals surface area contributed by atoms with Crippen molar-refractivity contribution in [1.29, 1.82) is 0 Å². The predicted molar refractivity (Wildman–Crippen MR) is 494 cm³/mol. The summed E-state index contributed by atoms with van der Waals surface area (Å²) in [6.45, 7) is 32.5. The fourth-order valence-corrected chi connectivity index (χ4v) is 13.4. The van der Waals surface area contributed by atoms with Gasteiger partial charge in [0, 0.05) is 45.3 Å². The molecule has 120 heavy (non-hydrogen) atoms. The zero-order valence-electron chi connectivity index (χ0n) is 78.8. The number of carbonyl (C=O) groups excluding carboxylic acids is 11. The standard InChI is InChI=1S/C31H56O5.C24H44O3.2C15H22O4.2C8H18O.CH4/c1-6-10-20-27(8-3)24-35-30(33)23-29(31(34)36-25-28(9-4)21-11-7-2)22-18-16-14-12-13-15-17-19-26(5)32;1-5-8-17-23(7-3)20-27-24(26)19-22(6-2)18-15-13-11-9-10-12-14-16-21(4)25;2*1-12(16)9-7-5-3-2-4-6-8-10-13-11-14(17)19-15(13)18;2*1-3-5-6-8(4-2)7-9;/h16,18,27-29H,6-15,17,19-25H2,1-5H3;13,15,22-23H,5-12,14,16-20H2,1-4H3;2*6,8,13H,2-5,7,9-11H2,1H3;2*8-9H,3-7H2,1-2H3;1H4/b18-16+;15-13+;2*8-6+;;;. The van der Waals surface area contributed by atoms with Crippen molar-refractivity contribution in [3.8, 4) is 0 Å². The van der Waals surface area contributed by atoms with Crippen LogP contribution in [0.5, 0.6) is 0 Å². The Kier molecular flexibility index (Phi) is 93.1. The first-order chi connectivity index (χ1) is 57.3. The summed E-state index contributed by atoms with van der Waals surface area (Å²) in [7, 11) is 0. The van der Waals surface area contributed by atoms with E-state index in [4.69, 9.17) is 24.4 Å². The van der Waals surface area contributed by atoms with Crippen LogP contribution >= 0.6 is 0 Å². The van der Waals surface area contributed by atoms with Crippen LogP contribution in [-0.4, -0.2) is 108 Å². The molecule has 2 N–H and O–H groups in total. The highest BCUT2D eigenvalue weighted by atomic mass is 16.6. The van der Waals surface area contributed by atoms with Gasteiger partial charge in [0.05, 0.1) is 56.8 Å². The van der Waals surface area contributed by atoms with E-state index in [0.717, 1.165) is 212 Å². The molecule has 9 unspecified atom stereocenters. The highest BCUT2D eigenvalue weighted by Crippen LogP contribution is 2.25. The Morgan fingerprint density at radius 3 is 0.892 bits per heavy atom. The molecule has 18 heteroatoms. The van der Waals surface area contributed by atoms with Crippen molar-refractivity contribution in [3.05, 3.63) is 48.6 Å². The van der Waals surface area contributed by atoms with Gasteiger partial charge >= 0.3 is 41.8 Å². The number of Topliss-reactive ketones (excluding diaryl/α,β-unsaturated/α-hetero) is 4. The van der Waals surface area contributed by atoms with E-state index in [9.17, 15) is 52.7 Å². The van der Waals surface area contributed by atoms with E-state index in [2.05, 4.69) is 116 Å². The maximum absolute atomic E-state index is 12.9. The average Bonchev–Trinajstić information content (AvgIpc) is 1.77. The number of aliphatic hydroxyl groups is 2. The molecular weight excluding hydrogens is 1510 g/mol. The number of hydrogen-bond acceptors (Lipinski definition) is 18. The van der Waals surface area contributed by atoms with Gasteiger partial charge in [-0.15, -0.1) is 0 Å². The zero-order valence-corrected chi connectivity index (χ0v) is 78.8. The van der Waals surface area contributed by atoms with E-state index in [1.165, 1.54) is 64.2 Å². The van der Waals surface area contributed by atoms with Crippen LogP contribution in [0.15, 0.2) is 48.6 Å². The molecule has 2 aliphatic heterocycles. The van der Waals surface area contributed by atoms with Gasteiger partial charge in [-0.1, -0.05) is 286 Å². The van der Waals surface area contributed by atoms with Crippen LogP contribution in [0.25, 0.3) is 0 Å². The SMILES string of the molecule is C.CC(=O)CCCCCC/C=C/CC1CC(=O)OC1=O.CC(=O)CCCCCC/C=C/CC1CC(=O)OC1=O.CCCCC(CC)CO.CCCCC(CC)CO.CCCCC(CC)COC(=O)CC(C/C=C/CCCCCCC(C)=O)C(=O)OCC(CC)CCCC.CCCCC(CC)COC(=O)CC(CC)C/C=C/CCCCCCC(C)=O. The first kappa shape index (κ1) is 123. The number of hydrogen-bond donors (Lipinski definition) is 2. The van der Waals surface area contributed by atoms with Crippen LogP contribution in [0.1, 0.15) is 452 Å². The third-order valence-electron chi connectivity index (χ3n) is 22.4. The molecule has 0 bridgehead atoms. The topological polar surface area (TPSA) is 274 Å². The van der Waals surface area contributed by atoms with Gasteiger partial charge in [-0.3, -0.25) is 33.6 Å². The summed E-state index contributed by atoms with van der Waals surface area (Å²) >= 11 is 0. The Hall–Kier alpha value is -5.75. The number of carbonyl (C=O) groups is 11. The smallest absolute Gasteiger partial charge is 0.317 e. The van der Waals surface area contributed by atoms with Crippen LogP contribution in [0.2, 0.25) is 0 Å². The number of ketones is 4. The summed E-state index contributed by atoms with van der Waals surface area (Å²) in [5.41, 5.74) is 0. The molecule has 2 aliphatic rings. The molecule has 0 radical (unpaired) electrons. The molecule has 0 aromatic heterocycles. The maximum Gasteiger partial charge on any atom is 0.317 e. The number of aliphatic hydroxyl groups excluding tert-OH is 2. The number of cyclic esters (lactones) is 4. The quantitative estimate of drug-likeness (QED) is 0.0188. The second kappa shape index (κ2) is 91.0. The van der Waals surface area contributed by atoms with E-state index in [1.807, 2.05) is 18.2 Å². The molecule has 0 aliphatic carbocycles. The van der Waals surface area contributed by atoms with Gasteiger partial charge in [0.2, 0.25) is 0 Å². The first-order valence-electron chi connectivity index (χ1n) is 48.0. The fourth-order valence-electron chi connectivity index (χ4n) is 13.4. The molecule has 2 fully saturated rings. The van der Waals surface area contributed by atoms with E-state index in [1.54, 1.807) is 27.7 Å². The van der Waals surface area contributed by atoms with Crippen molar-refractivity contribution in [3.63, 3.8) is 0 Å². The normalized spacial score (nSPS) is 15.3.